The molecule has 0 unspecified atom stereocenters. The third-order valence-electron chi connectivity index (χ3n) is 3.28. The summed E-state index contributed by atoms with van der Waals surface area (Å²) in [7, 11) is 0. The molecule has 130 valence electrons. The molecule has 0 spiro atoms. The molecule has 0 aliphatic carbocycles. The van der Waals surface area contributed by atoms with Crippen LogP contribution in [-0.2, 0) is 0 Å². The van der Waals surface area contributed by atoms with Crippen molar-refractivity contribution in [2.45, 2.75) is 39.5 Å². The van der Waals surface area contributed by atoms with Crippen LogP contribution in [0, 0.1) is 0 Å². The normalized spacial score (nSPS) is 10.6. The summed E-state index contributed by atoms with van der Waals surface area (Å²) in [5.74, 6) is 0.186. The number of aromatic nitrogens is 2. The maximum Gasteiger partial charge on any atom is 0.355 e. The van der Waals surface area contributed by atoms with Crippen LogP contribution in [0.15, 0.2) is 17.6 Å². The van der Waals surface area contributed by atoms with Gasteiger partial charge in [-0.1, -0.05) is 26.7 Å². The summed E-state index contributed by atoms with van der Waals surface area (Å²) < 4.78 is 11.6. The van der Waals surface area contributed by atoms with E-state index in [0.717, 1.165) is 25.7 Å². The maximum atomic E-state index is 11.0. The van der Waals surface area contributed by atoms with Gasteiger partial charge in [0, 0.05) is 11.4 Å². The molecule has 0 saturated carbocycles. The van der Waals surface area contributed by atoms with E-state index >= 15 is 0 Å². The van der Waals surface area contributed by atoms with E-state index in [9.17, 15) is 4.79 Å². The van der Waals surface area contributed by atoms with Gasteiger partial charge in [0.15, 0.2) is 17.2 Å². The lowest BCUT2D eigenvalue weighted by atomic mass is 10.3. The minimum absolute atomic E-state index is 0.0218. The molecule has 2 aromatic rings. The van der Waals surface area contributed by atoms with Crippen molar-refractivity contribution in [2.24, 2.45) is 0 Å². The van der Waals surface area contributed by atoms with Gasteiger partial charge in [-0.25, -0.2) is 14.8 Å². The van der Waals surface area contributed by atoms with Crippen molar-refractivity contribution in [1.29, 1.82) is 0 Å². The molecular weight excluding hydrogens is 328 g/mol. The van der Waals surface area contributed by atoms with Gasteiger partial charge in [0.25, 0.3) is 0 Å². The number of thiazole rings is 1. The zero-order chi connectivity index (χ0) is 17.4. The predicted molar refractivity (Wildman–Crippen MR) is 93.1 cm³/mol. The number of nitrogens with zero attached hydrogens (tertiary/aromatic N) is 2. The Morgan fingerprint density at radius 1 is 1.17 bits per heavy atom. The quantitative estimate of drug-likeness (QED) is 0.645. The number of pyridine rings is 1. The van der Waals surface area contributed by atoms with Gasteiger partial charge in [0.1, 0.15) is 10.7 Å². The van der Waals surface area contributed by atoms with Crippen molar-refractivity contribution >= 4 is 17.3 Å². The lowest BCUT2D eigenvalue weighted by molar-refractivity contribution is 0.0691. The van der Waals surface area contributed by atoms with Crippen molar-refractivity contribution in [3.05, 3.63) is 23.3 Å². The number of hydrogen-bond acceptors (Lipinski definition) is 6. The Morgan fingerprint density at radius 2 is 1.83 bits per heavy atom. The van der Waals surface area contributed by atoms with Gasteiger partial charge < -0.3 is 14.6 Å². The smallest absolute Gasteiger partial charge is 0.355 e. The van der Waals surface area contributed by atoms with Crippen molar-refractivity contribution in [2.75, 3.05) is 13.2 Å². The molecular formula is C17H22N2O4S. The molecule has 6 nitrogen and oxygen atoms in total. The number of carboxylic acid groups (broad SMARTS) is 1. The van der Waals surface area contributed by atoms with Crippen LogP contribution < -0.4 is 9.47 Å². The second-order valence-electron chi connectivity index (χ2n) is 5.26. The van der Waals surface area contributed by atoms with E-state index in [1.807, 2.05) is 0 Å². The van der Waals surface area contributed by atoms with Crippen LogP contribution in [0.1, 0.15) is 50.0 Å². The van der Waals surface area contributed by atoms with E-state index in [-0.39, 0.29) is 5.69 Å². The Balaban J connectivity index is 2.22. The predicted octanol–water partition coefficient (Wildman–Crippen LogP) is 4.26. The van der Waals surface area contributed by atoms with Crippen LogP contribution in [0.2, 0.25) is 0 Å². The molecule has 2 heterocycles. The molecule has 0 atom stereocenters. The van der Waals surface area contributed by atoms with E-state index in [0.29, 0.717) is 35.4 Å². The summed E-state index contributed by atoms with van der Waals surface area (Å²) in [5, 5.41) is 11.0. The molecule has 0 aliphatic rings. The van der Waals surface area contributed by atoms with Gasteiger partial charge in [0.05, 0.1) is 19.4 Å². The Labute approximate surface area is 145 Å². The van der Waals surface area contributed by atoms with Crippen molar-refractivity contribution in [3.63, 3.8) is 0 Å². The number of rotatable bonds is 10. The first-order chi connectivity index (χ1) is 11.7. The van der Waals surface area contributed by atoms with Crippen molar-refractivity contribution < 1.29 is 19.4 Å². The number of unbranched alkanes of at least 4 members (excludes halogenated alkanes) is 2. The highest BCUT2D eigenvalue weighted by molar-refractivity contribution is 7.13. The van der Waals surface area contributed by atoms with Crippen molar-refractivity contribution in [3.8, 4) is 22.2 Å². The van der Waals surface area contributed by atoms with Gasteiger partial charge >= 0.3 is 5.97 Å². The molecule has 0 radical (unpaired) electrons. The lowest BCUT2D eigenvalue weighted by Gasteiger charge is -2.13. The van der Waals surface area contributed by atoms with Crippen LogP contribution in [0.5, 0.6) is 11.5 Å². The highest BCUT2D eigenvalue weighted by Crippen LogP contribution is 2.32. The second kappa shape index (κ2) is 9.22. The number of carbonyl (C=O) groups is 1. The summed E-state index contributed by atoms with van der Waals surface area (Å²) in [5.41, 5.74) is 0.607. The Morgan fingerprint density at radius 3 is 2.42 bits per heavy atom. The van der Waals surface area contributed by atoms with Crippen LogP contribution in [0.4, 0.5) is 0 Å². The fraction of sp³-hybridized carbons (Fsp3) is 0.471. The minimum Gasteiger partial charge on any atom is -0.490 e. The number of ether oxygens (including phenoxy) is 2. The first kappa shape index (κ1) is 18.2. The zero-order valence-corrected chi connectivity index (χ0v) is 14.8. The standard InChI is InChI=1S/C17H22N2O4S/c1-3-5-7-22-14-9-12(16-19-13(11-24-16)17(20)21)18-10-15(14)23-8-6-4-2/h9-11H,3-8H2,1-2H3,(H,20,21). The summed E-state index contributed by atoms with van der Waals surface area (Å²) in [6.45, 7) is 5.42. The Bertz CT molecular complexity index is 672. The summed E-state index contributed by atoms with van der Waals surface area (Å²) in [6, 6.07) is 1.77. The third-order valence-corrected chi connectivity index (χ3v) is 4.15. The average molecular weight is 350 g/mol. The van der Waals surface area contributed by atoms with Crippen LogP contribution >= 0.6 is 11.3 Å². The zero-order valence-electron chi connectivity index (χ0n) is 13.9. The van der Waals surface area contributed by atoms with Crippen LogP contribution in [0.25, 0.3) is 10.7 Å². The molecule has 2 rings (SSSR count). The van der Waals surface area contributed by atoms with Crippen molar-refractivity contribution in [1.82, 2.24) is 9.97 Å². The van der Waals surface area contributed by atoms with Gasteiger partial charge in [-0.3, -0.25) is 0 Å². The summed E-state index contributed by atoms with van der Waals surface area (Å²) in [4.78, 5) is 19.4. The van der Waals surface area contributed by atoms with E-state index in [2.05, 4.69) is 23.8 Å². The fourth-order valence-corrected chi connectivity index (χ4v) is 2.67. The van der Waals surface area contributed by atoms with E-state index in [1.54, 1.807) is 12.3 Å². The van der Waals surface area contributed by atoms with Crippen LogP contribution in [-0.4, -0.2) is 34.3 Å². The molecule has 0 aromatic carbocycles. The fourth-order valence-electron chi connectivity index (χ4n) is 1.91. The second-order valence-corrected chi connectivity index (χ2v) is 6.12. The van der Waals surface area contributed by atoms with Crippen LogP contribution in [0.3, 0.4) is 0 Å². The largest absolute Gasteiger partial charge is 0.490 e. The molecule has 0 bridgehead atoms. The van der Waals surface area contributed by atoms with Gasteiger partial charge in [-0.2, -0.15) is 0 Å². The first-order valence-electron chi connectivity index (χ1n) is 8.10. The number of hydrogen-bond donors (Lipinski definition) is 1. The highest BCUT2D eigenvalue weighted by Gasteiger charge is 2.14. The molecule has 24 heavy (non-hydrogen) atoms. The van der Waals surface area contributed by atoms with E-state index in [4.69, 9.17) is 14.6 Å². The average Bonchev–Trinajstić information content (AvgIpc) is 3.07. The van der Waals surface area contributed by atoms with Gasteiger partial charge in [0.2, 0.25) is 0 Å². The van der Waals surface area contributed by atoms with Gasteiger partial charge in [-0.05, 0) is 12.8 Å². The molecule has 2 aromatic heterocycles. The topological polar surface area (TPSA) is 81.5 Å². The van der Waals surface area contributed by atoms with Gasteiger partial charge in [-0.15, -0.1) is 11.3 Å². The highest BCUT2D eigenvalue weighted by atomic mass is 32.1. The molecule has 0 fully saturated rings. The lowest BCUT2D eigenvalue weighted by Crippen LogP contribution is -2.03. The minimum atomic E-state index is -1.04. The number of carboxylic acids is 1. The summed E-state index contributed by atoms with van der Waals surface area (Å²) >= 11 is 1.24. The Kier molecular flexibility index (Phi) is 6.99. The monoisotopic (exact) mass is 350 g/mol. The molecule has 0 aliphatic heterocycles. The maximum absolute atomic E-state index is 11.0. The molecule has 1 N–H and O–H groups in total. The van der Waals surface area contributed by atoms with E-state index in [1.165, 1.54) is 16.7 Å². The molecule has 0 saturated heterocycles. The third kappa shape index (κ3) is 4.92. The SMILES string of the molecule is CCCCOc1cnc(-c2nc(C(=O)O)cs2)cc1OCCCC. The Hall–Kier alpha value is -2.15. The van der Waals surface area contributed by atoms with E-state index < -0.39 is 5.97 Å². The first-order valence-corrected chi connectivity index (χ1v) is 8.98. The molecule has 0 amide bonds. The number of aromatic carboxylic acids is 1. The molecule has 7 heteroatoms. The summed E-state index contributed by atoms with van der Waals surface area (Å²) in [6.07, 6.45) is 5.62.